The average Bonchev–Trinajstić information content (AvgIpc) is 2.39. The summed E-state index contributed by atoms with van der Waals surface area (Å²) >= 11 is 11.7. The SMILES string of the molecule is CC(=O)CCC(=O)OCC(=O)Nc1cccc(Cl)c1Cl. The van der Waals surface area contributed by atoms with E-state index >= 15 is 0 Å². The Bertz CT molecular complexity index is 531. The van der Waals surface area contributed by atoms with Crippen LogP contribution in [0.4, 0.5) is 5.69 Å². The van der Waals surface area contributed by atoms with Gasteiger partial charge in [0, 0.05) is 6.42 Å². The van der Waals surface area contributed by atoms with Crippen molar-refractivity contribution >= 4 is 46.5 Å². The van der Waals surface area contributed by atoms with Crippen molar-refractivity contribution in [3.63, 3.8) is 0 Å². The van der Waals surface area contributed by atoms with Gasteiger partial charge in [0.05, 0.1) is 22.2 Å². The Labute approximate surface area is 126 Å². The summed E-state index contributed by atoms with van der Waals surface area (Å²) in [6.45, 7) is 0.931. The lowest BCUT2D eigenvalue weighted by atomic mass is 10.2. The number of ether oxygens (including phenoxy) is 1. The van der Waals surface area contributed by atoms with E-state index in [-0.39, 0.29) is 23.6 Å². The molecular formula is C13H13Cl2NO4. The number of anilines is 1. The van der Waals surface area contributed by atoms with Crippen LogP contribution >= 0.6 is 23.2 Å². The van der Waals surface area contributed by atoms with E-state index in [0.29, 0.717) is 10.7 Å². The molecule has 5 nitrogen and oxygen atoms in total. The molecule has 1 aromatic carbocycles. The summed E-state index contributed by atoms with van der Waals surface area (Å²) in [5.74, 6) is -1.25. The number of benzene rings is 1. The number of carbonyl (C=O) groups is 3. The van der Waals surface area contributed by atoms with E-state index in [2.05, 4.69) is 5.32 Å². The van der Waals surface area contributed by atoms with E-state index in [1.807, 2.05) is 0 Å². The van der Waals surface area contributed by atoms with Crippen LogP contribution in [0.25, 0.3) is 0 Å². The fraction of sp³-hybridized carbons (Fsp3) is 0.308. The predicted molar refractivity (Wildman–Crippen MR) is 76.0 cm³/mol. The topological polar surface area (TPSA) is 72.5 Å². The summed E-state index contributed by atoms with van der Waals surface area (Å²) in [5, 5.41) is 2.99. The monoisotopic (exact) mass is 317 g/mol. The Morgan fingerprint density at radius 2 is 1.90 bits per heavy atom. The van der Waals surface area contributed by atoms with Crippen LogP contribution in [0.15, 0.2) is 18.2 Å². The molecule has 0 atom stereocenters. The first-order valence-electron chi connectivity index (χ1n) is 5.79. The van der Waals surface area contributed by atoms with Gasteiger partial charge in [0.1, 0.15) is 5.78 Å². The normalized spacial score (nSPS) is 9.95. The Morgan fingerprint density at radius 3 is 2.55 bits per heavy atom. The molecule has 1 rings (SSSR count). The number of halogens is 2. The van der Waals surface area contributed by atoms with Crippen molar-refractivity contribution in [3.8, 4) is 0 Å². The first kappa shape index (κ1) is 16.5. The van der Waals surface area contributed by atoms with Crippen molar-refractivity contribution in [1.29, 1.82) is 0 Å². The molecular weight excluding hydrogens is 305 g/mol. The number of amides is 1. The molecule has 0 aromatic heterocycles. The van der Waals surface area contributed by atoms with Crippen LogP contribution < -0.4 is 5.32 Å². The van der Waals surface area contributed by atoms with Crippen LogP contribution in [0.1, 0.15) is 19.8 Å². The van der Waals surface area contributed by atoms with E-state index in [0.717, 1.165) is 0 Å². The van der Waals surface area contributed by atoms with Crippen molar-refractivity contribution in [2.75, 3.05) is 11.9 Å². The molecule has 108 valence electrons. The number of esters is 1. The molecule has 0 unspecified atom stereocenters. The first-order valence-corrected chi connectivity index (χ1v) is 6.54. The van der Waals surface area contributed by atoms with Crippen molar-refractivity contribution < 1.29 is 19.1 Å². The van der Waals surface area contributed by atoms with E-state index in [4.69, 9.17) is 27.9 Å². The van der Waals surface area contributed by atoms with E-state index in [1.165, 1.54) is 6.92 Å². The Balaban J connectivity index is 2.42. The minimum Gasteiger partial charge on any atom is -0.456 e. The standard InChI is InChI=1S/C13H13Cl2NO4/c1-8(17)5-6-12(19)20-7-11(18)16-10-4-2-3-9(14)13(10)15/h2-4H,5-7H2,1H3,(H,16,18). The minimum absolute atomic E-state index is 0.0411. The van der Waals surface area contributed by atoms with Gasteiger partial charge in [-0.25, -0.2) is 0 Å². The van der Waals surface area contributed by atoms with Crippen LogP contribution in [0.5, 0.6) is 0 Å². The van der Waals surface area contributed by atoms with Gasteiger partial charge >= 0.3 is 5.97 Å². The smallest absolute Gasteiger partial charge is 0.306 e. The van der Waals surface area contributed by atoms with Crippen LogP contribution in [0.2, 0.25) is 10.0 Å². The van der Waals surface area contributed by atoms with Gasteiger partial charge in [0.25, 0.3) is 5.91 Å². The lowest BCUT2D eigenvalue weighted by molar-refractivity contribution is -0.148. The number of nitrogens with one attached hydrogen (secondary N) is 1. The van der Waals surface area contributed by atoms with E-state index < -0.39 is 18.5 Å². The number of hydrogen-bond acceptors (Lipinski definition) is 4. The maximum Gasteiger partial charge on any atom is 0.306 e. The Hall–Kier alpha value is -1.59. The van der Waals surface area contributed by atoms with Crippen LogP contribution in [0, 0.1) is 0 Å². The van der Waals surface area contributed by atoms with Crippen molar-refractivity contribution in [3.05, 3.63) is 28.2 Å². The second kappa shape index (κ2) is 7.87. The molecule has 1 N–H and O–H groups in total. The summed E-state index contributed by atoms with van der Waals surface area (Å²) in [5.41, 5.74) is 0.337. The molecule has 0 aliphatic rings. The lowest BCUT2D eigenvalue weighted by Gasteiger charge is -2.08. The molecule has 0 radical (unpaired) electrons. The van der Waals surface area contributed by atoms with Gasteiger partial charge in [-0.2, -0.15) is 0 Å². The zero-order valence-corrected chi connectivity index (χ0v) is 12.3. The van der Waals surface area contributed by atoms with Crippen molar-refractivity contribution in [2.45, 2.75) is 19.8 Å². The largest absolute Gasteiger partial charge is 0.456 e. The Kier molecular flexibility index (Phi) is 6.48. The second-order valence-electron chi connectivity index (χ2n) is 4.01. The molecule has 0 saturated carbocycles. The van der Waals surface area contributed by atoms with Crippen molar-refractivity contribution in [2.24, 2.45) is 0 Å². The highest BCUT2D eigenvalue weighted by Crippen LogP contribution is 2.29. The molecule has 0 aliphatic carbocycles. The highest BCUT2D eigenvalue weighted by atomic mass is 35.5. The molecule has 20 heavy (non-hydrogen) atoms. The third kappa shape index (κ3) is 5.59. The maximum absolute atomic E-state index is 11.6. The van der Waals surface area contributed by atoms with Gasteiger partial charge in [0.2, 0.25) is 0 Å². The van der Waals surface area contributed by atoms with Gasteiger partial charge in [-0.1, -0.05) is 29.3 Å². The zero-order valence-electron chi connectivity index (χ0n) is 10.7. The lowest BCUT2D eigenvalue weighted by Crippen LogP contribution is -2.21. The summed E-state index contributed by atoms with van der Waals surface area (Å²) in [6.07, 6.45) is 0.0567. The van der Waals surface area contributed by atoms with Crippen LogP contribution in [-0.4, -0.2) is 24.3 Å². The summed E-state index contributed by atoms with van der Waals surface area (Å²) in [6, 6.07) is 4.79. The fourth-order valence-electron chi connectivity index (χ4n) is 1.28. The van der Waals surface area contributed by atoms with Gasteiger partial charge in [-0.3, -0.25) is 9.59 Å². The predicted octanol–water partition coefficient (Wildman–Crippen LogP) is 2.84. The molecule has 0 heterocycles. The molecule has 0 spiro atoms. The van der Waals surface area contributed by atoms with Gasteiger partial charge < -0.3 is 14.8 Å². The Morgan fingerprint density at radius 1 is 1.20 bits per heavy atom. The summed E-state index contributed by atoms with van der Waals surface area (Å²) in [4.78, 5) is 33.5. The number of hydrogen-bond donors (Lipinski definition) is 1. The number of rotatable bonds is 6. The molecule has 1 aromatic rings. The van der Waals surface area contributed by atoms with E-state index in [9.17, 15) is 14.4 Å². The summed E-state index contributed by atoms with van der Waals surface area (Å²) in [7, 11) is 0. The molecule has 0 bridgehead atoms. The second-order valence-corrected chi connectivity index (χ2v) is 4.80. The zero-order chi connectivity index (χ0) is 15.1. The highest BCUT2D eigenvalue weighted by Gasteiger charge is 2.11. The van der Waals surface area contributed by atoms with Crippen LogP contribution in [-0.2, 0) is 19.1 Å². The van der Waals surface area contributed by atoms with Gasteiger partial charge in [-0.15, -0.1) is 0 Å². The quantitative estimate of drug-likeness (QED) is 0.819. The molecule has 0 aliphatic heterocycles. The molecule has 0 fully saturated rings. The first-order chi connectivity index (χ1) is 9.40. The maximum atomic E-state index is 11.6. The highest BCUT2D eigenvalue weighted by molar-refractivity contribution is 6.43. The molecule has 7 heteroatoms. The third-order valence-electron chi connectivity index (χ3n) is 2.27. The number of Topliss-reactive ketones (excluding diaryl/α,β-unsaturated/α-hetero) is 1. The van der Waals surface area contributed by atoms with E-state index in [1.54, 1.807) is 18.2 Å². The molecule has 1 amide bonds. The number of carbonyl (C=O) groups excluding carboxylic acids is 3. The van der Waals surface area contributed by atoms with Crippen molar-refractivity contribution in [1.82, 2.24) is 0 Å². The van der Waals surface area contributed by atoms with Crippen LogP contribution in [0.3, 0.4) is 0 Å². The summed E-state index contributed by atoms with van der Waals surface area (Å²) < 4.78 is 4.72. The molecule has 0 saturated heterocycles. The fourth-order valence-corrected chi connectivity index (χ4v) is 1.63. The van der Waals surface area contributed by atoms with Gasteiger partial charge in [0.15, 0.2) is 6.61 Å². The minimum atomic E-state index is -0.604. The number of ketones is 1. The average molecular weight is 318 g/mol. The third-order valence-corrected chi connectivity index (χ3v) is 3.09. The van der Waals surface area contributed by atoms with Gasteiger partial charge in [-0.05, 0) is 19.1 Å².